The van der Waals surface area contributed by atoms with Crippen LogP contribution in [0.15, 0.2) is 78.0 Å². The predicted molar refractivity (Wildman–Crippen MR) is 108 cm³/mol. The fourth-order valence-electron chi connectivity index (χ4n) is 2.86. The van der Waals surface area contributed by atoms with Gasteiger partial charge >= 0.3 is 0 Å². The molecule has 0 aliphatic heterocycles. The van der Waals surface area contributed by atoms with Gasteiger partial charge in [0, 0.05) is 25.5 Å². The fraction of sp³-hybridized carbons (Fsp3) is 0.182. The lowest BCUT2D eigenvalue weighted by molar-refractivity contribution is 0.400. The van der Waals surface area contributed by atoms with E-state index in [0.29, 0.717) is 5.56 Å². The van der Waals surface area contributed by atoms with Crippen LogP contribution in [0.2, 0.25) is 0 Å². The highest BCUT2D eigenvalue weighted by molar-refractivity contribution is 7.89. The van der Waals surface area contributed by atoms with Gasteiger partial charge in [0.1, 0.15) is 0 Å². The van der Waals surface area contributed by atoms with Gasteiger partial charge in [-0.25, -0.2) is 8.42 Å². The first-order chi connectivity index (χ1) is 13.5. The second kappa shape index (κ2) is 8.79. The van der Waals surface area contributed by atoms with Crippen LogP contribution in [-0.2, 0) is 29.5 Å². The second-order valence-electron chi connectivity index (χ2n) is 6.44. The monoisotopic (exact) mass is 391 g/mol. The summed E-state index contributed by atoms with van der Waals surface area (Å²) in [4.78, 5) is 4.25. The van der Waals surface area contributed by atoms with Gasteiger partial charge in [-0.15, -0.1) is 0 Å². The molecule has 0 bridgehead atoms. The standard InChI is InChI=1S/C22H21N3O2S/c1-2-18-5-7-20(8-6-18)16-25(17-21-4-3-13-24-15-21)28(26,27)22-11-9-19(14-23)10-12-22/h3-13,15H,2,16-17H2,1H3. The van der Waals surface area contributed by atoms with Crippen molar-refractivity contribution in [2.75, 3.05) is 0 Å². The van der Waals surface area contributed by atoms with E-state index in [-0.39, 0.29) is 18.0 Å². The first-order valence-electron chi connectivity index (χ1n) is 9.00. The van der Waals surface area contributed by atoms with Crippen LogP contribution in [0.4, 0.5) is 0 Å². The summed E-state index contributed by atoms with van der Waals surface area (Å²) in [6.45, 7) is 2.55. The Morgan fingerprint density at radius 3 is 2.14 bits per heavy atom. The molecule has 0 unspecified atom stereocenters. The molecule has 0 amide bonds. The summed E-state index contributed by atoms with van der Waals surface area (Å²) in [6, 6.07) is 19.6. The molecule has 142 valence electrons. The summed E-state index contributed by atoms with van der Waals surface area (Å²) in [7, 11) is -3.74. The average molecular weight is 391 g/mol. The molecule has 3 aromatic rings. The van der Waals surface area contributed by atoms with Crippen LogP contribution >= 0.6 is 0 Å². The van der Waals surface area contributed by atoms with Crippen LogP contribution in [0.5, 0.6) is 0 Å². The third-order valence-corrected chi connectivity index (χ3v) is 6.30. The van der Waals surface area contributed by atoms with Crippen molar-refractivity contribution in [1.29, 1.82) is 5.26 Å². The van der Waals surface area contributed by atoms with E-state index < -0.39 is 10.0 Å². The van der Waals surface area contributed by atoms with Crippen molar-refractivity contribution >= 4 is 10.0 Å². The molecule has 5 nitrogen and oxygen atoms in total. The Morgan fingerprint density at radius 1 is 0.929 bits per heavy atom. The zero-order valence-corrected chi connectivity index (χ0v) is 16.4. The maximum absolute atomic E-state index is 13.3. The maximum Gasteiger partial charge on any atom is 0.243 e. The minimum atomic E-state index is -3.74. The fourth-order valence-corrected chi connectivity index (χ4v) is 4.27. The van der Waals surface area contributed by atoms with Crippen LogP contribution < -0.4 is 0 Å². The van der Waals surface area contributed by atoms with Gasteiger partial charge in [0.05, 0.1) is 16.5 Å². The zero-order chi connectivity index (χ0) is 20.0. The zero-order valence-electron chi connectivity index (χ0n) is 15.6. The van der Waals surface area contributed by atoms with Gasteiger partial charge in [-0.05, 0) is 53.4 Å². The topological polar surface area (TPSA) is 74.1 Å². The molecule has 1 heterocycles. The molecule has 3 rings (SSSR count). The highest BCUT2D eigenvalue weighted by atomic mass is 32.2. The van der Waals surface area contributed by atoms with Gasteiger partial charge in [-0.1, -0.05) is 37.3 Å². The largest absolute Gasteiger partial charge is 0.264 e. The van der Waals surface area contributed by atoms with E-state index in [9.17, 15) is 8.42 Å². The molecule has 6 heteroatoms. The van der Waals surface area contributed by atoms with Crippen LogP contribution in [0, 0.1) is 11.3 Å². The first-order valence-corrected chi connectivity index (χ1v) is 10.4. The van der Waals surface area contributed by atoms with Crippen LogP contribution in [0.1, 0.15) is 29.2 Å². The Labute approximate surface area is 166 Å². The van der Waals surface area contributed by atoms with E-state index in [4.69, 9.17) is 5.26 Å². The van der Waals surface area contributed by atoms with Crippen LogP contribution in [-0.4, -0.2) is 17.7 Å². The lowest BCUT2D eigenvalue weighted by atomic mass is 10.1. The summed E-state index contributed by atoms with van der Waals surface area (Å²) in [6.07, 6.45) is 4.26. The quantitative estimate of drug-likeness (QED) is 0.612. The van der Waals surface area contributed by atoms with Crippen molar-refractivity contribution in [1.82, 2.24) is 9.29 Å². The number of hydrogen-bond acceptors (Lipinski definition) is 4. The Kier molecular flexibility index (Phi) is 6.19. The molecule has 2 aromatic carbocycles. The number of hydrogen-bond donors (Lipinski definition) is 0. The number of nitrogens with zero attached hydrogens (tertiary/aromatic N) is 3. The Morgan fingerprint density at radius 2 is 1.57 bits per heavy atom. The van der Waals surface area contributed by atoms with E-state index in [1.165, 1.54) is 34.1 Å². The van der Waals surface area contributed by atoms with Gasteiger partial charge in [-0.3, -0.25) is 4.98 Å². The van der Waals surface area contributed by atoms with E-state index in [1.807, 2.05) is 36.4 Å². The molecule has 0 fully saturated rings. The summed E-state index contributed by atoms with van der Waals surface area (Å²) >= 11 is 0. The molecule has 0 aliphatic carbocycles. The average Bonchev–Trinajstić information content (AvgIpc) is 2.74. The van der Waals surface area contributed by atoms with Crippen molar-refractivity contribution < 1.29 is 8.42 Å². The van der Waals surface area contributed by atoms with Gasteiger partial charge in [-0.2, -0.15) is 9.57 Å². The molecule has 28 heavy (non-hydrogen) atoms. The summed E-state index contributed by atoms with van der Waals surface area (Å²) in [5, 5.41) is 8.96. The van der Waals surface area contributed by atoms with Crippen molar-refractivity contribution in [3.63, 3.8) is 0 Å². The molecule has 1 aromatic heterocycles. The smallest absolute Gasteiger partial charge is 0.243 e. The van der Waals surface area contributed by atoms with Crippen LogP contribution in [0.3, 0.4) is 0 Å². The number of benzene rings is 2. The molecule has 0 radical (unpaired) electrons. The summed E-state index contributed by atoms with van der Waals surface area (Å²) < 4.78 is 28.0. The molecule has 0 spiro atoms. The van der Waals surface area contributed by atoms with E-state index in [2.05, 4.69) is 11.9 Å². The number of aryl methyl sites for hydroxylation is 1. The lowest BCUT2D eigenvalue weighted by Crippen LogP contribution is -2.30. The molecular weight excluding hydrogens is 370 g/mol. The highest BCUT2D eigenvalue weighted by Gasteiger charge is 2.25. The Bertz CT molecular complexity index is 1060. The predicted octanol–water partition coefficient (Wildman–Crippen LogP) is 3.91. The minimum Gasteiger partial charge on any atom is -0.264 e. The summed E-state index contributed by atoms with van der Waals surface area (Å²) in [5.74, 6) is 0. The van der Waals surface area contributed by atoms with E-state index in [1.54, 1.807) is 18.5 Å². The van der Waals surface area contributed by atoms with Gasteiger partial charge in [0.2, 0.25) is 10.0 Å². The van der Waals surface area contributed by atoms with Gasteiger partial charge < -0.3 is 0 Å². The molecular formula is C22H21N3O2S. The first kappa shape index (κ1) is 19.7. The SMILES string of the molecule is CCc1ccc(CN(Cc2cccnc2)S(=O)(=O)c2ccc(C#N)cc2)cc1. The van der Waals surface area contributed by atoms with Crippen molar-refractivity contribution in [2.24, 2.45) is 0 Å². The highest BCUT2D eigenvalue weighted by Crippen LogP contribution is 2.22. The molecule has 0 saturated carbocycles. The summed E-state index contributed by atoms with van der Waals surface area (Å²) in [5.41, 5.74) is 3.36. The maximum atomic E-state index is 13.3. The van der Waals surface area contributed by atoms with E-state index in [0.717, 1.165) is 17.5 Å². The normalized spacial score (nSPS) is 11.3. The number of aromatic nitrogens is 1. The minimum absolute atomic E-state index is 0.167. The van der Waals surface area contributed by atoms with Crippen molar-refractivity contribution in [3.05, 3.63) is 95.3 Å². The lowest BCUT2D eigenvalue weighted by Gasteiger charge is -2.22. The van der Waals surface area contributed by atoms with E-state index >= 15 is 0 Å². The van der Waals surface area contributed by atoms with Crippen molar-refractivity contribution in [2.45, 2.75) is 31.3 Å². The third kappa shape index (κ3) is 4.63. The van der Waals surface area contributed by atoms with Gasteiger partial charge in [0.25, 0.3) is 0 Å². The van der Waals surface area contributed by atoms with Crippen LogP contribution in [0.25, 0.3) is 0 Å². The van der Waals surface area contributed by atoms with Gasteiger partial charge in [0.15, 0.2) is 0 Å². The second-order valence-corrected chi connectivity index (χ2v) is 8.38. The number of sulfonamides is 1. The van der Waals surface area contributed by atoms with Crippen molar-refractivity contribution in [3.8, 4) is 6.07 Å². The molecule has 0 atom stereocenters. The molecule has 0 saturated heterocycles. The Balaban J connectivity index is 1.94. The number of pyridine rings is 1. The molecule has 0 aliphatic rings. The third-order valence-electron chi connectivity index (χ3n) is 4.49. The number of nitriles is 1. The Hall–Kier alpha value is -3.01. The molecule has 0 N–H and O–H groups in total. The number of rotatable bonds is 7.